The molecule has 0 aliphatic carbocycles. The predicted octanol–water partition coefficient (Wildman–Crippen LogP) is 1.84. The zero-order valence-electron chi connectivity index (χ0n) is 23.7. The summed E-state index contributed by atoms with van der Waals surface area (Å²) in [6.07, 6.45) is 17.5. The maximum absolute atomic E-state index is 9.08. The van der Waals surface area contributed by atoms with Crippen LogP contribution in [-0.4, -0.2) is 75.4 Å². The molecule has 0 aromatic carbocycles. The Morgan fingerprint density at radius 2 is 0.486 bits per heavy atom. The van der Waals surface area contributed by atoms with Gasteiger partial charge in [-0.1, -0.05) is 0 Å². The predicted molar refractivity (Wildman–Crippen MR) is 141 cm³/mol. The first kappa shape index (κ1) is 44.2. The van der Waals surface area contributed by atoms with Crippen molar-refractivity contribution in [1.29, 1.82) is 0 Å². The molecule has 0 heterocycles. The van der Waals surface area contributed by atoms with Gasteiger partial charge in [-0.25, -0.2) is 0 Å². The molecule has 0 saturated carbocycles. The van der Waals surface area contributed by atoms with Gasteiger partial charge in [0.15, 0.2) is 0 Å². The number of rotatable bonds is 19. The Bertz CT molecular complexity index is 288. The molecule has 0 spiro atoms. The average molecular weight is 819 g/mol. The van der Waals surface area contributed by atoms with E-state index in [1.165, 1.54) is 77.0 Å². The zero-order chi connectivity index (χ0) is 27.8. The van der Waals surface area contributed by atoms with Gasteiger partial charge in [-0.15, -0.1) is 0 Å². The molecule has 0 unspecified atom stereocenters. The van der Waals surface area contributed by atoms with Crippen molar-refractivity contribution in [3.8, 4) is 0 Å². The third-order valence-electron chi connectivity index (χ3n) is 4.62. The van der Waals surface area contributed by atoms with Crippen LogP contribution in [0.3, 0.4) is 0 Å². The minimum absolute atomic E-state index is 0.149. The van der Waals surface area contributed by atoms with E-state index in [9.17, 15) is 0 Å². The van der Waals surface area contributed by atoms with Gasteiger partial charge in [0.2, 0.25) is 0 Å². The van der Waals surface area contributed by atoms with Crippen molar-refractivity contribution in [2.75, 3.05) is 0 Å². The molecule has 0 aromatic rings. The summed E-state index contributed by atoms with van der Waals surface area (Å²) in [5.74, 6) is -9.96. The molecular formula is C26H54O6Sn3. The maximum Gasteiger partial charge on any atom is -0.364 e. The molecule has 0 aliphatic heterocycles. The summed E-state index contributed by atoms with van der Waals surface area (Å²) in [5.41, 5.74) is 0. The van der Waals surface area contributed by atoms with Gasteiger partial charge < -0.3 is 42.6 Å². The van der Waals surface area contributed by atoms with Gasteiger partial charge >= 0.3 is 209 Å². The molecule has 0 aromatic heterocycles. The average Bonchev–Trinajstić information content (AvgIpc) is 2.79. The quantitative estimate of drug-likeness (QED) is 0.111. The molecule has 0 amide bonds. The summed E-state index contributed by atoms with van der Waals surface area (Å²) in [6.45, 7) is 13.7. The van der Waals surface area contributed by atoms with Crippen molar-refractivity contribution in [2.24, 2.45) is 0 Å². The normalized spacial score (nSPS) is 10.3. The van der Waals surface area contributed by atoms with Gasteiger partial charge in [0.05, 0.1) is 0 Å². The summed E-state index contributed by atoms with van der Waals surface area (Å²) in [4.78, 5) is 0. The minimum atomic E-state index is -4.98. The Hall–Kier alpha value is 2.16. The van der Waals surface area contributed by atoms with Crippen molar-refractivity contribution in [1.82, 2.24) is 0 Å². The SMILES string of the molecule is CCC[CH2][Sn+2][CH2]CCC.CCC[CH2][Sn+2][CH2]CCC.CCC[CH2][Sn+2][CH2]CCC.[O-]C([O-])([O-])C([O-])([O-])[O-]. The molecule has 206 valence electrons. The van der Waals surface area contributed by atoms with Crippen LogP contribution in [0.25, 0.3) is 0 Å². The van der Waals surface area contributed by atoms with Crippen molar-refractivity contribution in [3.05, 3.63) is 0 Å². The van der Waals surface area contributed by atoms with Crippen LogP contribution in [0.15, 0.2) is 0 Å². The van der Waals surface area contributed by atoms with E-state index in [2.05, 4.69) is 41.5 Å². The van der Waals surface area contributed by atoms with Gasteiger partial charge in [0.1, 0.15) is 0 Å². The number of hydrogen-bond donors (Lipinski definition) is 0. The second kappa shape index (κ2) is 36.2. The van der Waals surface area contributed by atoms with E-state index < -0.39 is 11.9 Å². The van der Waals surface area contributed by atoms with Crippen molar-refractivity contribution < 1.29 is 30.6 Å². The van der Waals surface area contributed by atoms with Gasteiger partial charge in [-0.05, 0) is 0 Å². The Labute approximate surface area is 249 Å². The molecule has 0 rings (SSSR count). The van der Waals surface area contributed by atoms with E-state index >= 15 is 0 Å². The van der Waals surface area contributed by atoms with E-state index in [0.717, 1.165) is 0 Å². The molecule has 0 saturated heterocycles. The summed E-state index contributed by atoms with van der Waals surface area (Å²) in [7, 11) is 0. The second-order valence-electron chi connectivity index (χ2n) is 8.48. The van der Waals surface area contributed by atoms with E-state index in [-0.39, 0.29) is 63.4 Å². The van der Waals surface area contributed by atoms with Crippen molar-refractivity contribution in [3.63, 3.8) is 0 Å². The van der Waals surface area contributed by atoms with Crippen LogP contribution in [0.2, 0.25) is 26.6 Å². The van der Waals surface area contributed by atoms with Crippen LogP contribution in [0.5, 0.6) is 0 Å². The first-order chi connectivity index (χ1) is 16.5. The van der Waals surface area contributed by atoms with Crippen LogP contribution in [0.1, 0.15) is 119 Å². The third-order valence-corrected chi connectivity index (χ3v) is 16.7. The van der Waals surface area contributed by atoms with E-state index in [4.69, 9.17) is 30.6 Å². The standard InChI is InChI=1S/6C4H9.C2O6.3Sn/c6*1-3-4-2;3-1(4,5)2(6,7)8;;;/h6*1,3-4H2,2H3;;;;/q;;;;;;-6;3*+2. The van der Waals surface area contributed by atoms with E-state index in [1.54, 1.807) is 26.6 Å². The summed E-state index contributed by atoms with van der Waals surface area (Å²) < 4.78 is 9.75. The number of hydrogen-bond acceptors (Lipinski definition) is 6. The topological polar surface area (TPSA) is 138 Å². The van der Waals surface area contributed by atoms with Crippen LogP contribution in [0, 0.1) is 0 Å². The minimum Gasteiger partial charge on any atom is -0.879 e. The third kappa shape index (κ3) is 49.6. The van der Waals surface area contributed by atoms with Crippen LogP contribution in [-0.2, 0) is 0 Å². The van der Waals surface area contributed by atoms with Crippen LogP contribution in [0.4, 0.5) is 0 Å². The molecule has 0 fully saturated rings. The monoisotopic (exact) mass is 822 g/mol. The Kier molecular flexibility index (Phi) is 45.6. The van der Waals surface area contributed by atoms with Crippen LogP contribution < -0.4 is 30.6 Å². The van der Waals surface area contributed by atoms with Crippen molar-refractivity contribution >= 4 is 63.4 Å². The van der Waals surface area contributed by atoms with Gasteiger partial charge in [0, 0.05) is 0 Å². The second-order valence-corrected chi connectivity index (χ2v) is 21.3. The van der Waals surface area contributed by atoms with E-state index in [0.29, 0.717) is 0 Å². The van der Waals surface area contributed by atoms with Crippen LogP contribution >= 0.6 is 0 Å². The summed E-state index contributed by atoms with van der Waals surface area (Å²) >= 11 is 0.448. The molecular weight excluding hydrogens is 764 g/mol. The first-order valence-electron chi connectivity index (χ1n) is 13.8. The fourth-order valence-electron chi connectivity index (χ4n) is 2.19. The summed E-state index contributed by atoms with van der Waals surface area (Å²) in [5, 5.41) is 54.5. The van der Waals surface area contributed by atoms with E-state index in [1.807, 2.05) is 0 Å². The smallest absolute Gasteiger partial charge is 0.364 e. The fourth-order valence-corrected chi connectivity index (χ4v) is 14.7. The summed E-state index contributed by atoms with van der Waals surface area (Å²) in [6, 6.07) is 0. The fraction of sp³-hybridized carbons (Fsp3) is 1.00. The first-order valence-corrected chi connectivity index (χ1v) is 25.9. The molecule has 0 N–H and O–H groups in total. The van der Waals surface area contributed by atoms with Gasteiger partial charge in [0.25, 0.3) is 0 Å². The Morgan fingerprint density at radius 3 is 0.571 bits per heavy atom. The Balaban J connectivity index is -0.000000183. The molecule has 0 bridgehead atoms. The number of unbranched alkanes of at least 4 members (excludes halogenated alkanes) is 6. The largest absolute Gasteiger partial charge is 0.879 e. The molecule has 9 heteroatoms. The van der Waals surface area contributed by atoms with Gasteiger partial charge in [-0.2, -0.15) is 0 Å². The van der Waals surface area contributed by atoms with Gasteiger partial charge in [-0.3, -0.25) is 0 Å². The Morgan fingerprint density at radius 1 is 0.343 bits per heavy atom. The maximum atomic E-state index is 9.08. The molecule has 0 atom stereocenters. The van der Waals surface area contributed by atoms with Crippen molar-refractivity contribution in [2.45, 2.75) is 157 Å². The zero-order valence-corrected chi connectivity index (χ0v) is 32.2. The molecule has 6 nitrogen and oxygen atoms in total. The molecule has 0 radical (unpaired) electrons. The molecule has 0 aliphatic rings. The molecule has 35 heavy (non-hydrogen) atoms.